The number of hydrogen-bond donors (Lipinski definition) is 0. The summed E-state index contributed by atoms with van der Waals surface area (Å²) in [5.74, 6) is 1.39. The highest BCUT2D eigenvalue weighted by molar-refractivity contribution is 7.98. The smallest absolute Gasteiger partial charge is 0.211 e. The van der Waals surface area contributed by atoms with Crippen LogP contribution in [-0.2, 0) is 6.61 Å². The molecular formula is C17H15ClN4OS. The molecule has 1 aromatic heterocycles. The van der Waals surface area contributed by atoms with Crippen LogP contribution in [0.5, 0.6) is 5.75 Å². The monoisotopic (exact) mass is 358 g/mol. The zero-order valence-electron chi connectivity index (χ0n) is 13.0. The van der Waals surface area contributed by atoms with E-state index in [-0.39, 0.29) is 6.61 Å². The molecule has 0 N–H and O–H groups in total. The molecule has 1 heterocycles. The van der Waals surface area contributed by atoms with E-state index in [1.54, 1.807) is 10.9 Å². The molecule has 0 saturated carbocycles. The summed E-state index contributed by atoms with van der Waals surface area (Å²) >= 11 is 7.62. The number of aromatic nitrogens is 3. The molecule has 0 amide bonds. The normalized spacial score (nSPS) is 11.1. The van der Waals surface area contributed by atoms with E-state index >= 15 is 0 Å². The average molecular weight is 359 g/mol. The maximum atomic E-state index is 6.16. The number of para-hydroxylation sites is 1. The van der Waals surface area contributed by atoms with Gasteiger partial charge >= 0.3 is 0 Å². The van der Waals surface area contributed by atoms with Crippen molar-refractivity contribution in [2.24, 2.45) is 5.10 Å². The van der Waals surface area contributed by atoms with Gasteiger partial charge in [0.15, 0.2) is 5.82 Å². The van der Waals surface area contributed by atoms with Crippen LogP contribution in [0.1, 0.15) is 11.4 Å². The lowest BCUT2D eigenvalue weighted by molar-refractivity contribution is 0.290. The summed E-state index contributed by atoms with van der Waals surface area (Å²) in [4.78, 5) is 0. The number of thioether (sulfide) groups is 1. The Kier molecular flexibility index (Phi) is 5.51. The van der Waals surface area contributed by atoms with E-state index in [9.17, 15) is 0 Å². The first-order chi connectivity index (χ1) is 11.8. The molecule has 0 fully saturated rings. The standard InChI is InChI=1S/C17H15ClN4OS/c1-24-17-21-20-16(12-23-14-8-3-2-4-9-14)22(17)19-11-13-7-5-6-10-15(13)18/h2-11H,12H2,1H3/b19-11-. The van der Waals surface area contributed by atoms with Gasteiger partial charge in [0.2, 0.25) is 5.16 Å². The highest BCUT2D eigenvalue weighted by Gasteiger charge is 2.11. The van der Waals surface area contributed by atoms with Gasteiger partial charge in [-0.2, -0.15) is 9.78 Å². The summed E-state index contributed by atoms with van der Waals surface area (Å²) in [5, 5.41) is 14.1. The van der Waals surface area contributed by atoms with Crippen molar-refractivity contribution < 1.29 is 4.74 Å². The molecule has 0 aliphatic heterocycles. The summed E-state index contributed by atoms with van der Waals surface area (Å²) < 4.78 is 7.40. The van der Waals surface area contributed by atoms with E-state index in [0.717, 1.165) is 11.3 Å². The van der Waals surface area contributed by atoms with Crippen LogP contribution in [0.25, 0.3) is 0 Å². The molecule has 0 radical (unpaired) electrons. The molecule has 7 heteroatoms. The first-order valence-electron chi connectivity index (χ1n) is 7.23. The van der Waals surface area contributed by atoms with E-state index in [4.69, 9.17) is 16.3 Å². The zero-order valence-corrected chi connectivity index (χ0v) is 14.5. The van der Waals surface area contributed by atoms with Crippen molar-refractivity contribution >= 4 is 29.6 Å². The van der Waals surface area contributed by atoms with Gasteiger partial charge in [-0.25, -0.2) is 0 Å². The van der Waals surface area contributed by atoms with Crippen LogP contribution in [0.3, 0.4) is 0 Å². The molecule has 2 aromatic carbocycles. The average Bonchev–Trinajstić information content (AvgIpc) is 3.02. The van der Waals surface area contributed by atoms with Crippen molar-refractivity contribution in [1.82, 2.24) is 14.9 Å². The molecule has 3 aromatic rings. The van der Waals surface area contributed by atoms with Gasteiger partial charge in [-0.05, 0) is 24.5 Å². The fourth-order valence-electron chi connectivity index (χ4n) is 1.99. The predicted octanol–water partition coefficient (Wildman–Crippen LogP) is 4.11. The van der Waals surface area contributed by atoms with Crippen molar-refractivity contribution in [3.8, 4) is 5.75 Å². The molecule has 122 valence electrons. The third kappa shape index (κ3) is 3.96. The number of ether oxygens (including phenoxy) is 1. The second-order valence-corrected chi connectivity index (χ2v) is 5.96. The van der Waals surface area contributed by atoms with Crippen molar-refractivity contribution in [3.05, 3.63) is 71.0 Å². The van der Waals surface area contributed by atoms with Gasteiger partial charge in [0.05, 0.1) is 6.21 Å². The Bertz CT molecular complexity index is 836. The van der Waals surface area contributed by atoms with Crippen LogP contribution < -0.4 is 4.74 Å². The SMILES string of the molecule is CSc1nnc(COc2ccccc2)n1/N=C\c1ccccc1Cl. The lowest BCUT2D eigenvalue weighted by Crippen LogP contribution is -2.04. The summed E-state index contributed by atoms with van der Waals surface area (Å²) in [6.07, 6.45) is 3.62. The lowest BCUT2D eigenvalue weighted by atomic mass is 10.2. The van der Waals surface area contributed by atoms with Gasteiger partial charge in [-0.1, -0.05) is 59.8 Å². The Hall–Kier alpha value is -2.31. The van der Waals surface area contributed by atoms with Crippen molar-refractivity contribution in [1.29, 1.82) is 0 Å². The Labute approximate surface area is 149 Å². The van der Waals surface area contributed by atoms with Crippen LogP contribution in [-0.4, -0.2) is 27.3 Å². The minimum absolute atomic E-state index is 0.275. The second-order valence-electron chi connectivity index (χ2n) is 4.78. The Morgan fingerprint density at radius 2 is 1.88 bits per heavy atom. The molecule has 5 nitrogen and oxygen atoms in total. The lowest BCUT2D eigenvalue weighted by Gasteiger charge is -2.06. The predicted molar refractivity (Wildman–Crippen MR) is 97.0 cm³/mol. The summed E-state index contributed by atoms with van der Waals surface area (Å²) in [6, 6.07) is 17.1. The van der Waals surface area contributed by atoms with Crippen LogP contribution in [0, 0.1) is 0 Å². The summed E-state index contributed by atoms with van der Waals surface area (Å²) in [5.41, 5.74) is 0.829. The zero-order chi connectivity index (χ0) is 16.8. The van der Waals surface area contributed by atoms with Crippen LogP contribution in [0.15, 0.2) is 64.9 Å². The topological polar surface area (TPSA) is 52.3 Å². The van der Waals surface area contributed by atoms with Gasteiger partial charge in [0, 0.05) is 10.6 Å². The minimum Gasteiger partial charge on any atom is -0.486 e. The first kappa shape index (κ1) is 16.5. The molecule has 0 spiro atoms. The highest BCUT2D eigenvalue weighted by Crippen LogP contribution is 2.17. The highest BCUT2D eigenvalue weighted by atomic mass is 35.5. The molecule has 0 unspecified atom stereocenters. The Morgan fingerprint density at radius 3 is 2.62 bits per heavy atom. The third-order valence-electron chi connectivity index (χ3n) is 3.19. The molecule has 0 aliphatic rings. The molecule has 0 saturated heterocycles. The molecule has 0 bridgehead atoms. The number of nitrogens with zero attached hydrogens (tertiary/aromatic N) is 4. The molecule has 3 rings (SSSR count). The molecular weight excluding hydrogens is 344 g/mol. The molecule has 24 heavy (non-hydrogen) atoms. The Morgan fingerprint density at radius 1 is 1.12 bits per heavy atom. The van der Waals surface area contributed by atoms with Gasteiger partial charge in [0.25, 0.3) is 0 Å². The van der Waals surface area contributed by atoms with Crippen LogP contribution in [0.4, 0.5) is 0 Å². The van der Waals surface area contributed by atoms with E-state index < -0.39 is 0 Å². The summed E-state index contributed by atoms with van der Waals surface area (Å²) in [6.45, 7) is 0.275. The van der Waals surface area contributed by atoms with Crippen molar-refractivity contribution in [2.75, 3.05) is 6.26 Å². The van der Waals surface area contributed by atoms with Crippen molar-refractivity contribution in [3.63, 3.8) is 0 Å². The number of hydrogen-bond acceptors (Lipinski definition) is 5. The summed E-state index contributed by atoms with van der Waals surface area (Å²) in [7, 11) is 0. The fraction of sp³-hybridized carbons (Fsp3) is 0.118. The van der Waals surface area contributed by atoms with Gasteiger partial charge < -0.3 is 4.74 Å². The quantitative estimate of drug-likeness (QED) is 0.491. The Balaban J connectivity index is 1.81. The van der Waals surface area contributed by atoms with Gasteiger partial charge in [0.1, 0.15) is 12.4 Å². The van der Waals surface area contributed by atoms with E-state index in [1.165, 1.54) is 11.8 Å². The van der Waals surface area contributed by atoms with E-state index in [0.29, 0.717) is 16.0 Å². The number of rotatable bonds is 6. The number of benzene rings is 2. The number of halogens is 1. The van der Waals surface area contributed by atoms with E-state index in [1.807, 2.05) is 60.9 Å². The van der Waals surface area contributed by atoms with E-state index in [2.05, 4.69) is 15.3 Å². The maximum Gasteiger partial charge on any atom is 0.211 e. The third-order valence-corrected chi connectivity index (χ3v) is 4.15. The van der Waals surface area contributed by atoms with Crippen LogP contribution >= 0.6 is 23.4 Å². The maximum absolute atomic E-state index is 6.16. The minimum atomic E-state index is 0.275. The molecule has 0 atom stereocenters. The first-order valence-corrected chi connectivity index (χ1v) is 8.83. The van der Waals surface area contributed by atoms with Crippen molar-refractivity contribution in [2.45, 2.75) is 11.8 Å². The van der Waals surface area contributed by atoms with Crippen LogP contribution in [0.2, 0.25) is 5.02 Å². The second kappa shape index (κ2) is 7.99. The van der Waals surface area contributed by atoms with Gasteiger partial charge in [-0.3, -0.25) is 0 Å². The fourth-order valence-corrected chi connectivity index (χ4v) is 2.63. The molecule has 0 aliphatic carbocycles. The largest absolute Gasteiger partial charge is 0.486 e. The van der Waals surface area contributed by atoms with Gasteiger partial charge in [-0.15, -0.1) is 10.2 Å².